The van der Waals surface area contributed by atoms with Crippen molar-refractivity contribution in [3.63, 3.8) is 0 Å². The van der Waals surface area contributed by atoms with Crippen LogP contribution < -0.4 is 9.54 Å². The second-order valence-corrected chi connectivity index (χ2v) is 11.3. The van der Waals surface area contributed by atoms with E-state index < -0.39 is 29.8 Å². The van der Waals surface area contributed by atoms with Crippen LogP contribution in [0.1, 0.15) is 60.8 Å². The number of likely N-dealkylation sites (tertiary alicyclic amines) is 1. The molecule has 1 aromatic heterocycles. The van der Waals surface area contributed by atoms with E-state index in [1.54, 1.807) is 0 Å². The first kappa shape index (κ1) is 27.2. The molecule has 2 fully saturated rings. The summed E-state index contributed by atoms with van der Waals surface area (Å²) in [5.41, 5.74) is -1.54. The molecule has 4 rings (SSSR count). The molecular weight excluding hydrogens is 511 g/mol. The quantitative estimate of drug-likeness (QED) is 0.580. The number of carbonyl (C=O) groups excluding carboxylic acids is 1. The number of alkyl halides is 3. The van der Waals surface area contributed by atoms with E-state index in [0.717, 1.165) is 40.8 Å². The number of nitrogens with zero attached hydrogens (tertiary/aromatic N) is 3. The first-order valence-corrected chi connectivity index (χ1v) is 12.9. The van der Waals surface area contributed by atoms with Crippen molar-refractivity contribution in [2.24, 2.45) is 4.99 Å². The maximum Gasteiger partial charge on any atom is 0.416 e. The van der Waals surface area contributed by atoms with Crippen LogP contribution >= 0.6 is 11.3 Å². The first-order chi connectivity index (χ1) is 17.3. The Morgan fingerprint density at radius 1 is 1.24 bits per heavy atom. The second kappa shape index (κ2) is 10.5. The number of amides is 2. The number of hydrogen-bond acceptors (Lipinski definition) is 5. The summed E-state index contributed by atoms with van der Waals surface area (Å²) in [6.45, 7) is 7.53. The zero-order chi connectivity index (χ0) is 27.0. The molecule has 2 aliphatic heterocycles. The van der Waals surface area contributed by atoms with Crippen LogP contribution in [-0.4, -0.2) is 58.5 Å². The molecule has 0 unspecified atom stereocenters. The van der Waals surface area contributed by atoms with Crippen LogP contribution in [0.5, 0.6) is 5.75 Å². The fourth-order valence-corrected chi connectivity index (χ4v) is 5.31. The molecule has 2 atom stereocenters. The van der Waals surface area contributed by atoms with Crippen LogP contribution in [0, 0.1) is 0 Å². The minimum atomic E-state index is -4.66. The van der Waals surface area contributed by atoms with Gasteiger partial charge in [0.05, 0.1) is 30.3 Å². The minimum Gasteiger partial charge on any atom is -0.488 e. The summed E-state index contributed by atoms with van der Waals surface area (Å²) in [5, 5.41) is 9.18. The molecule has 0 aliphatic carbocycles. The Bertz CT molecular complexity index is 1230. The molecule has 0 radical (unpaired) electrons. The predicted octanol–water partition coefficient (Wildman–Crippen LogP) is 4.92. The summed E-state index contributed by atoms with van der Waals surface area (Å²) in [4.78, 5) is 31.3. The lowest BCUT2D eigenvalue weighted by atomic mass is 9.95. The molecule has 2 amide bonds. The Hall–Kier alpha value is -2.86. The van der Waals surface area contributed by atoms with Gasteiger partial charge in [-0.25, -0.2) is 4.79 Å². The van der Waals surface area contributed by atoms with Gasteiger partial charge in [0.25, 0.3) is 5.91 Å². The van der Waals surface area contributed by atoms with Gasteiger partial charge in [0.2, 0.25) is 0 Å². The highest BCUT2D eigenvalue weighted by molar-refractivity contribution is 7.09. The lowest BCUT2D eigenvalue weighted by molar-refractivity contribution is -0.137. The standard InChI is InChI=1S/C25H30F3N3O5S/c1-24(2,3)20-14-31(12-16-5-4-10-35-16)22(37-20)29-21(32)18-11-15(25(26,27)28)6-7-19(18)36-17-8-9-30(13-17)23(33)34/h6-7,11,14,16-17H,4-5,8-10,12-13H2,1-3H3,(H,33,34)/t16-,17+/m1/s1. The highest BCUT2D eigenvalue weighted by Crippen LogP contribution is 2.34. The van der Waals surface area contributed by atoms with Crippen LogP contribution in [0.3, 0.4) is 0 Å². The third-order valence-corrected chi connectivity index (χ3v) is 7.77. The van der Waals surface area contributed by atoms with Gasteiger partial charge in [0, 0.05) is 30.6 Å². The highest BCUT2D eigenvalue weighted by Gasteiger charge is 2.33. The van der Waals surface area contributed by atoms with E-state index in [9.17, 15) is 27.9 Å². The normalized spacial score (nSPS) is 21.0. The molecule has 202 valence electrons. The second-order valence-electron chi connectivity index (χ2n) is 10.3. The Morgan fingerprint density at radius 2 is 2.00 bits per heavy atom. The van der Waals surface area contributed by atoms with Crippen molar-refractivity contribution in [1.29, 1.82) is 0 Å². The van der Waals surface area contributed by atoms with E-state index in [0.29, 0.717) is 24.4 Å². The minimum absolute atomic E-state index is 0.0246. The van der Waals surface area contributed by atoms with E-state index in [1.165, 1.54) is 11.3 Å². The van der Waals surface area contributed by atoms with Crippen LogP contribution in [0.4, 0.5) is 18.0 Å². The lowest BCUT2D eigenvalue weighted by Crippen LogP contribution is -2.29. The van der Waals surface area contributed by atoms with Gasteiger partial charge in [-0.15, -0.1) is 11.3 Å². The molecule has 3 heterocycles. The van der Waals surface area contributed by atoms with Crippen LogP contribution in [0.15, 0.2) is 29.4 Å². The van der Waals surface area contributed by atoms with Gasteiger partial charge in [-0.1, -0.05) is 20.8 Å². The zero-order valence-corrected chi connectivity index (χ0v) is 21.7. The molecule has 0 saturated carbocycles. The summed E-state index contributed by atoms with van der Waals surface area (Å²) in [7, 11) is 0. The maximum atomic E-state index is 13.5. The smallest absolute Gasteiger partial charge is 0.416 e. The lowest BCUT2D eigenvalue weighted by Gasteiger charge is -2.17. The molecule has 2 aromatic rings. The maximum absolute atomic E-state index is 13.5. The monoisotopic (exact) mass is 541 g/mol. The summed E-state index contributed by atoms with van der Waals surface area (Å²) >= 11 is 1.31. The fraction of sp³-hybridized carbons (Fsp3) is 0.560. The third kappa shape index (κ3) is 6.53. The summed E-state index contributed by atoms with van der Waals surface area (Å²) < 4.78 is 53.9. The molecule has 1 aromatic carbocycles. The number of rotatable bonds is 5. The third-order valence-electron chi connectivity index (χ3n) is 6.33. The topological polar surface area (TPSA) is 93.4 Å². The Labute approximate surface area is 216 Å². The molecule has 0 bridgehead atoms. The van der Waals surface area contributed by atoms with Crippen LogP contribution in [0.2, 0.25) is 0 Å². The van der Waals surface area contributed by atoms with Crippen molar-refractivity contribution < 1.29 is 37.3 Å². The average molecular weight is 542 g/mol. The van der Waals surface area contributed by atoms with Crippen molar-refractivity contribution in [2.45, 2.75) is 70.4 Å². The molecule has 8 nitrogen and oxygen atoms in total. The average Bonchev–Trinajstić information content (AvgIpc) is 3.55. The largest absolute Gasteiger partial charge is 0.488 e. The molecule has 0 spiro atoms. The van der Waals surface area contributed by atoms with Crippen LogP contribution in [-0.2, 0) is 22.9 Å². The Kier molecular flexibility index (Phi) is 7.70. The van der Waals surface area contributed by atoms with Crippen molar-refractivity contribution in [3.8, 4) is 5.75 Å². The van der Waals surface area contributed by atoms with E-state index in [-0.39, 0.29) is 35.9 Å². The van der Waals surface area contributed by atoms with Crippen molar-refractivity contribution in [3.05, 3.63) is 45.2 Å². The molecule has 2 saturated heterocycles. The van der Waals surface area contributed by atoms with Gasteiger partial charge in [-0.3, -0.25) is 4.79 Å². The number of carboxylic acid groups (broad SMARTS) is 1. The van der Waals surface area contributed by atoms with Crippen molar-refractivity contribution in [2.75, 3.05) is 19.7 Å². The van der Waals surface area contributed by atoms with E-state index in [1.807, 2.05) is 31.5 Å². The van der Waals surface area contributed by atoms with Crippen molar-refractivity contribution in [1.82, 2.24) is 9.47 Å². The van der Waals surface area contributed by atoms with E-state index >= 15 is 0 Å². The van der Waals surface area contributed by atoms with Gasteiger partial charge in [0.1, 0.15) is 11.9 Å². The van der Waals surface area contributed by atoms with Gasteiger partial charge in [-0.2, -0.15) is 18.2 Å². The van der Waals surface area contributed by atoms with E-state index in [2.05, 4.69) is 4.99 Å². The molecule has 1 N–H and O–H groups in total. The first-order valence-electron chi connectivity index (χ1n) is 12.1. The summed E-state index contributed by atoms with van der Waals surface area (Å²) in [6, 6.07) is 2.69. The van der Waals surface area contributed by atoms with Crippen LogP contribution in [0.25, 0.3) is 0 Å². The van der Waals surface area contributed by atoms with Gasteiger partial charge in [0.15, 0.2) is 4.80 Å². The van der Waals surface area contributed by atoms with Gasteiger partial charge >= 0.3 is 12.3 Å². The molecule has 2 aliphatic rings. The number of ether oxygens (including phenoxy) is 2. The number of thiazole rings is 1. The summed E-state index contributed by atoms with van der Waals surface area (Å²) in [5.74, 6) is -0.921. The van der Waals surface area contributed by atoms with Gasteiger partial charge in [-0.05, 0) is 36.5 Å². The Balaban J connectivity index is 1.71. The summed E-state index contributed by atoms with van der Waals surface area (Å²) in [6.07, 6.45) is -2.28. The number of hydrogen-bond donors (Lipinski definition) is 1. The number of carbonyl (C=O) groups is 2. The zero-order valence-electron chi connectivity index (χ0n) is 20.9. The number of aromatic nitrogens is 1. The van der Waals surface area contributed by atoms with Gasteiger partial charge < -0.3 is 24.0 Å². The fourth-order valence-electron chi connectivity index (χ4n) is 4.25. The number of benzene rings is 1. The number of halogens is 3. The molecule has 37 heavy (non-hydrogen) atoms. The predicted molar refractivity (Wildman–Crippen MR) is 130 cm³/mol. The molecular formula is C25H30F3N3O5S. The van der Waals surface area contributed by atoms with Crippen molar-refractivity contribution >= 4 is 23.3 Å². The van der Waals surface area contributed by atoms with E-state index in [4.69, 9.17) is 9.47 Å². The Morgan fingerprint density at radius 3 is 2.59 bits per heavy atom. The molecule has 12 heteroatoms. The SMILES string of the molecule is CC(C)(C)c1cn(C[C@H]2CCCO2)c(=NC(=O)c2cc(C(F)(F)F)ccc2O[C@H]2CCN(C(=O)O)C2)s1. The highest BCUT2D eigenvalue weighted by atomic mass is 32.1.